The van der Waals surface area contributed by atoms with E-state index in [1.54, 1.807) is 6.07 Å². The van der Waals surface area contributed by atoms with Crippen molar-refractivity contribution in [1.82, 2.24) is 9.55 Å². The third-order valence-corrected chi connectivity index (χ3v) is 3.68. The molecule has 0 fully saturated rings. The zero-order chi connectivity index (χ0) is 13.3. The van der Waals surface area contributed by atoms with Gasteiger partial charge in [-0.2, -0.15) is 0 Å². The molecular formula is C10H7Cl2FN2O2S. The molecule has 0 atom stereocenters. The van der Waals surface area contributed by atoms with Crippen LogP contribution in [0, 0.1) is 5.82 Å². The summed E-state index contributed by atoms with van der Waals surface area (Å²) in [5.74, 6) is -0.505. The Bertz CT molecular complexity index is 685. The highest BCUT2D eigenvalue weighted by Crippen LogP contribution is 2.17. The summed E-state index contributed by atoms with van der Waals surface area (Å²) in [6, 6.07) is 4.26. The van der Waals surface area contributed by atoms with E-state index in [2.05, 4.69) is 4.98 Å². The molecule has 1 heterocycles. The molecule has 2 rings (SSSR count). The predicted molar refractivity (Wildman–Crippen MR) is 65.8 cm³/mol. The fraction of sp³-hybridized carbons (Fsp3) is 0.100. The van der Waals surface area contributed by atoms with Gasteiger partial charge in [-0.25, -0.2) is 17.8 Å². The van der Waals surface area contributed by atoms with E-state index >= 15 is 0 Å². The summed E-state index contributed by atoms with van der Waals surface area (Å²) in [5, 5.41) is -0.213. The van der Waals surface area contributed by atoms with Crippen molar-refractivity contribution >= 4 is 31.3 Å². The SMILES string of the molecule is O=S(=O)(Cl)c1cn(Cc2ccc(F)c(Cl)c2)cn1. The second-order valence-corrected chi connectivity index (χ2v) is 6.49. The second-order valence-electron chi connectivity index (χ2n) is 3.57. The molecular weight excluding hydrogens is 302 g/mol. The first kappa shape index (κ1) is 13.3. The zero-order valence-corrected chi connectivity index (χ0v) is 11.2. The summed E-state index contributed by atoms with van der Waals surface area (Å²) in [5.41, 5.74) is 0.720. The Morgan fingerprint density at radius 2 is 2.11 bits per heavy atom. The molecule has 0 aliphatic rings. The van der Waals surface area contributed by atoms with E-state index in [1.165, 1.54) is 29.2 Å². The molecule has 0 N–H and O–H groups in total. The van der Waals surface area contributed by atoms with E-state index in [0.29, 0.717) is 6.54 Å². The van der Waals surface area contributed by atoms with Crippen LogP contribution < -0.4 is 0 Å². The van der Waals surface area contributed by atoms with Crippen LogP contribution in [0.5, 0.6) is 0 Å². The maximum Gasteiger partial charge on any atom is 0.280 e. The third kappa shape index (κ3) is 3.01. The number of halogens is 3. The van der Waals surface area contributed by atoms with Crippen molar-refractivity contribution in [3.8, 4) is 0 Å². The minimum absolute atomic E-state index is 0.0119. The van der Waals surface area contributed by atoms with Crippen LogP contribution in [0.2, 0.25) is 5.02 Å². The minimum Gasteiger partial charge on any atom is -0.332 e. The first-order valence-electron chi connectivity index (χ1n) is 4.76. The van der Waals surface area contributed by atoms with Gasteiger partial charge in [-0.05, 0) is 17.7 Å². The molecule has 2 aromatic rings. The summed E-state index contributed by atoms with van der Waals surface area (Å²) in [6.07, 6.45) is 2.62. The number of rotatable bonds is 3. The maximum atomic E-state index is 13.0. The molecule has 0 bridgehead atoms. The number of imidazole rings is 1. The molecule has 0 saturated carbocycles. The van der Waals surface area contributed by atoms with Crippen molar-refractivity contribution in [2.75, 3.05) is 0 Å². The van der Waals surface area contributed by atoms with E-state index in [0.717, 1.165) is 5.56 Å². The molecule has 0 unspecified atom stereocenters. The van der Waals surface area contributed by atoms with Gasteiger partial charge in [0, 0.05) is 23.4 Å². The number of hydrogen-bond donors (Lipinski definition) is 0. The van der Waals surface area contributed by atoms with E-state index in [9.17, 15) is 12.8 Å². The van der Waals surface area contributed by atoms with Crippen LogP contribution in [0.15, 0.2) is 35.7 Å². The van der Waals surface area contributed by atoms with E-state index < -0.39 is 14.9 Å². The third-order valence-electron chi connectivity index (χ3n) is 2.21. The summed E-state index contributed by atoms with van der Waals surface area (Å²) in [4.78, 5) is 3.66. The van der Waals surface area contributed by atoms with Gasteiger partial charge >= 0.3 is 0 Å². The standard InChI is InChI=1S/C10H7Cl2FN2O2S/c11-8-3-7(1-2-9(8)13)4-15-5-10(14-6-15)18(12,16)17/h1-3,5-6H,4H2. The van der Waals surface area contributed by atoms with Gasteiger partial charge in [0.2, 0.25) is 0 Å². The fourth-order valence-corrected chi connectivity index (χ4v) is 2.28. The molecule has 1 aromatic carbocycles. The molecule has 96 valence electrons. The van der Waals surface area contributed by atoms with Gasteiger partial charge in [-0.3, -0.25) is 0 Å². The van der Waals surface area contributed by atoms with Gasteiger partial charge in [-0.15, -0.1) is 0 Å². The van der Waals surface area contributed by atoms with Crippen LogP contribution in [-0.4, -0.2) is 18.0 Å². The summed E-state index contributed by atoms with van der Waals surface area (Å²) >= 11 is 5.64. The molecule has 1 aromatic heterocycles. The zero-order valence-electron chi connectivity index (χ0n) is 8.85. The average molecular weight is 309 g/mol. The van der Waals surface area contributed by atoms with Crippen LogP contribution in [-0.2, 0) is 15.6 Å². The monoisotopic (exact) mass is 308 g/mol. The Hall–Kier alpha value is -1.11. The van der Waals surface area contributed by atoms with Crippen LogP contribution in [0.3, 0.4) is 0 Å². The normalized spacial score (nSPS) is 11.7. The molecule has 0 radical (unpaired) electrons. The van der Waals surface area contributed by atoms with Crippen molar-refractivity contribution in [1.29, 1.82) is 0 Å². The van der Waals surface area contributed by atoms with Gasteiger partial charge in [0.25, 0.3) is 9.05 Å². The lowest BCUT2D eigenvalue weighted by Gasteiger charge is -2.03. The molecule has 0 saturated heterocycles. The van der Waals surface area contributed by atoms with Gasteiger partial charge in [0.05, 0.1) is 11.3 Å². The molecule has 0 aliphatic carbocycles. The highest BCUT2D eigenvalue weighted by molar-refractivity contribution is 8.13. The second kappa shape index (κ2) is 4.87. The van der Waals surface area contributed by atoms with Gasteiger partial charge in [0.15, 0.2) is 5.03 Å². The number of hydrogen-bond acceptors (Lipinski definition) is 3. The van der Waals surface area contributed by atoms with E-state index in [4.69, 9.17) is 22.3 Å². The van der Waals surface area contributed by atoms with Gasteiger partial charge in [-0.1, -0.05) is 17.7 Å². The van der Waals surface area contributed by atoms with Crippen LogP contribution >= 0.6 is 22.3 Å². The quantitative estimate of drug-likeness (QED) is 0.819. The van der Waals surface area contributed by atoms with E-state index in [-0.39, 0.29) is 10.0 Å². The summed E-state index contributed by atoms with van der Waals surface area (Å²) < 4.78 is 36.5. The highest BCUT2D eigenvalue weighted by atomic mass is 35.7. The number of aromatic nitrogens is 2. The van der Waals surface area contributed by atoms with Crippen molar-refractivity contribution in [3.63, 3.8) is 0 Å². The lowest BCUT2D eigenvalue weighted by atomic mass is 10.2. The van der Waals surface area contributed by atoms with Gasteiger partial charge < -0.3 is 4.57 Å². The average Bonchev–Trinajstić information content (AvgIpc) is 2.72. The van der Waals surface area contributed by atoms with Crippen LogP contribution in [0.25, 0.3) is 0 Å². The Morgan fingerprint density at radius 3 is 2.67 bits per heavy atom. The minimum atomic E-state index is -3.83. The molecule has 0 amide bonds. The van der Waals surface area contributed by atoms with Gasteiger partial charge in [0.1, 0.15) is 5.82 Å². The first-order chi connectivity index (χ1) is 8.36. The summed E-state index contributed by atoms with van der Waals surface area (Å²) in [6.45, 7) is 0.319. The fourth-order valence-electron chi connectivity index (χ4n) is 1.40. The molecule has 18 heavy (non-hydrogen) atoms. The lowest BCUT2D eigenvalue weighted by Crippen LogP contribution is -1.97. The predicted octanol–water partition coefficient (Wildman–Crippen LogP) is 2.65. The highest BCUT2D eigenvalue weighted by Gasteiger charge is 2.13. The topological polar surface area (TPSA) is 52.0 Å². The Morgan fingerprint density at radius 1 is 1.39 bits per heavy atom. The molecule has 0 aliphatic heterocycles. The van der Waals surface area contributed by atoms with Crippen molar-refractivity contribution in [3.05, 3.63) is 47.1 Å². The number of nitrogens with zero attached hydrogens (tertiary/aromatic N) is 2. The Labute approximate surface area is 112 Å². The Balaban J connectivity index is 2.24. The van der Waals surface area contributed by atoms with Crippen molar-refractivity contribution < 1.29 is 12.8 Å². The Kier molecular flexibility index (Phi) is 3.61. The molecule has 8 heteroatoms. The number of benzene rings is 1. The molecule has 4 nitrogen and oxygen atoms in total. The largest absolute Gasteiger partial charge is 0.332 e. The lowest BCUT2D eigenvalue weighted by molar-refractivity contribution is 0.606. The van der Waals surface area contributed by atoms with Crippen LogP contribution in [0.4, 0.5) is 4.39 Å². The van der Waals surface area contributed by atoms with Crippen LogP contribution in [0.1, 0.15) is 5.56 Å². The van der Waals surface area contributed by atoms with Crippen molar-refractivity contribution in [2.45, 2.75) is 11.6 Å². The maximum absolute atomic E-state index is 13.0. The summed E-state index contributed by atoms with van der Waals surface area (Å²) in [7, 11) is 1.31. The molecule has 0 spiro atoms. The van der Waals surface area contributed by atoms with E-state index in [1.807, 2.05) is 0 Å². The van der Waals surface area contributed by atoms with Crippen molar-refractivity contribution in [2.24, 2.45) is 0 Å². The smallest absolute Gasteiger partial charge is 0.280 e. The first-order valence-corrected chi connectivity index (χ1v) is 7.45.